The zero-order valence-corrected chi connectivity index (χ0v) is 13.1. The van der Waals surface area contributed by atoms with Gasteiger partial charge in [-0.2, -0.15) is 0 Å². The van der Waals surface area contributed by atoms with Crippen LogP contribution in [-0.2, 0) is 4.79 Å². The van der Waals surface area contributed by atoms with Crippen molar-refractivity contribution in [2.24, 2.45) is 0 Å². The largest absolute Gasteiger partial charge is 0.353 e. The van der Waals surface area contributed by atoms with Gasteiger partial charge in [-0.25, -0.2) is 0 Å². The molecule has 0 aromatic carbocycles. The highest BCUT2D eigenvalue weighted by molar-refractivity contribution is 7.12. The second-order valence-corrected chi connectivity index (χ2v) is 5.48. The molecule has 1 aliphatic rings. The molecule has 0 aliphatic carbocycles. The molecule has 1 aliphatic heterocycles. The fraction of sp³-hybridized carbons (Fsp3) is 0.538. The van der Waals surface area contributed by atoms with E-state index in [2.05, 4.69) is 10.6 Å². The van der Waals surface area contributed by atoms with Gasteiger partial charge in [0.1, 0.15) is 6.04 Å². The summed E-state index contributed by atoms with van der Waals surface area (Å²) in [6.07, 6.45) is 1.64. The number of carbonyl (C=O) groups excluding carboxylic acids is 2. The van der Waals surface area contributed by atoms with E-state index >= 15 is 0 Å². The van der Waals surface area contributed by atoms with Crippen molar-refractivity contribution in [1.82, 2.24) is 15.5 Å². The maximum atomic E-state index is 12.3. The topological polar surface area (TPSA) is 61.4 Å². The Hall–Kier alpha value is -1.11. The summed E-state index contributed by atoms with van der Waals surface area (Å²) < 4.78 is 0. The number of nitrogens with one attached hydrogen (secondary N) is 2. The average Bonchev–Trinajstić information content (AvgIpc) is 3.09. The van der Waals surface area contributed by atoms with Crippen LogP contribution in [0, 0.1) is 0 Å². The van der Waals surface area contributed by atoms with Crippen LogP contribution in [0.15, 0.2) is 17.5 Å². The zero-order chi connectivity index (χ0) is 13.7. The molecule has 2 amide bonds. The number of rotatable bonds is 5. The maximum Gasteiger partial charge on any atom is 0.264 e. The lowest BCUT2D eigenvalue weighted by Crippen LogP contribution is -2.46. The Bertz CT molecular complexity index is 439. The van der Waals surface area contributed by atoms with E-state index in [1.54, 1.807) is 11.0 Å². The Morgan fingerprint density at radius 1 is 1.45 bits per heavy atom. The summed E-state index contributed by atoms with van der Waals surface area (Å²) in [7, 11) is 1.84. The van der Waals surface area contributed by atoms with E-state index in [1.807, 2.05) is 18.5 Å². The molecule has 2 rings (SSSR count). The number of carbonyl (C=O) groups is 2. The van der Waals surface area contributed by atoms with Crippen LogP contribution in [0.3, 0.4) is 0 Å². The summed E-state index contributed by atoms with van der Waals surface area (Å²) in [6, 6.07) is 3.35. The Balaban J connectivity index is 0.00000200. The molecule has 2 heterocycles. The van der Waals surface area contributed by atoms with E-state index < -0.39 is 0 Å². The number of hydrogen-bond donors (Lipinski definition) is 2. The van der Waals surface area contributed by atoms with E-state index in [1.165, 1.54) is 11.3 Å². The lowest BCUT2D eigenvalue weighted by atomic mass is 10.2. The summed E-state index contributed by atoms with van der Waals surface area (Å²) >= 11 is 1.42. The van der Waals surface area contributed by atoms with Crippen molar-refractivity contribution in [3.63, 3.8) is 0 Å². The minimum atomic E-state index is -0.313. The van der Waals surface area contributed by atoms with E-state index in [4.69, 9.17) is 0 Å². The minimum Gasteiger partial charge on any atom is -0.353 e. The molecule has 0 bridgehead atoms. The van der Waals surface area contributed by atoms with Gasteiger partial charge in [0, 0.05) is 19.6 Å². The lowest BCUT2D eigenvalue weighted by Gasteiger charge is -2.23. The van der Waals surface area contributed by atoms with Crippen molar-refractivity contribution in [3.8, 4) is 0 Å². The fourth-order valence-electron chi connectivity index (χ4n) is 2.25. The van der Waals surface area contributed by atoms with Crippen LogP contribution >= 0.6 is 23.7 Å². The third-order valence-electron chi connectivity index (χ3n) is 3.22. The molecule has 0 radical (unpaired) electrons. The highest BCUT2D eigenvalue weighted by atomic mass is 35.5. The van der Waals surface area contributed by atoms with Crippen LogP contribution < -0.4 is 10.6 Å². The van der Waals surface area contributed by atoms with Crippen molar-refractivity contribution < 1.29 is 9.59 Å². The number of thiophene rings is 1. The van der Waals surface area contributed by atoms with E-state index in [0.717, 1.165) is 19.4 Å². The molecule has 1 fully saturated rings. The molecule has 20 heavy (non-hydrogen) atoms. The average molecular weight is 318 g/mol. The highest BCUT2D eigenvalue weighted by Gasteiger charge is 2.34. The number of amides is 2. The van der Waals surface area contributed by atoms with Crippen molar-refractivity contribution in [2.75, 3.05) is 26.7 Å². The first-order chi connectivity index (χ1) is 9.24. The quantitative estimate of drug-likeness (QED) is 0.800. The first-order valence-corrected chi connectivity index (χ1v) is 7.39. The summed E-state index contributed by atoms with van der Waals surface area (Å²) in [4.78, 5) is 26.8. The molecule has 1 unspecified atom stereocenters. The van der Waals surface area contributed by atoms with E-state index in [-0.39, 0.29) is 30.3 Å². The molecule has 0 spiro atoms. The summed E-state index contributed by atoms with van der Waals surface area (Å²) in [5.41, 5.74) is 0. The Labute approximate surface area is 129 Å². The number of halogens is 1. The predicted octanol–water partition coefficient (Wildman–Crippen LogP) is 1.11. The monoisotopic (exact) mass is 317 g/mol. The SMILES string of the molecule is CNCCNC(=O)C1CCCN1C(=O)c1cccs1.Cl. The zero-order valence-electron chi connectivity index (χ0n) is 11.4. The van der Waals surface area contributed by atoms with Crippen molar-refractivity contribution >= 4 is 35.6 Å². The number of nitrogens with zero attached hydrogens (tertiary/aromatic N) is 1. The summed E-state index contributed by atoms with van der Waals surface area (Å²) in [5, 5.41) is 7.72. The normalized spacial score (nSPS) is 17.6. The van der Waals surface area contributed by atoms with Gasteiger partial charge in [-0.05, 0) is 31.3 Å². The smallest absolute Gasteiger partial charge is 0.264 e. The minimum absolute atomic E-state index is 0. The molecule has 112 valence electrons. The maximum absolute atomic E-state index is 12.3. The Morgan fingerprint density at radius 3 is 2.90 bits per heavy atom. The van der Waals surface area contributed by atoms with Crippen LogP contribution in [0.2, 0.25) is 0 Å². The third kappa shape index (κ3) is 3.94. The van der Waals surface area contributed by atoms with Gasteiger partial charge in [-0.15, -0.1) is 23.7 Å². The van der Waals surface area contributed by atoms with Gasteiger partial charge in [-0.1, -0.05) is 6.07 Å². The molecule has 0 saturated carbocycles. The van der Waals surface area contributed by atoms with Crippen LogP contribution in [0.5, 0.6) is 0 Å². The molecular formula is C13H20ClN3O2S. The summed E-state index contributed by atoms with van der Waals surface area (Å²) in [6.45, 7) is 1.99. The fourth-order valence-corrected chi connectivity index (χ4v) is 2.93. The van der Waals surface area contributed by atoms with Gasteiger partial charge in [0.05, 0.1) is 4.88 Å². The molecule has 1 atom stereocenters. The van der Waals surface area contributed by atoms with Crippen molar-refractivity contribution in [1.29, 1.82) is 0 Å². The van der Waals surface area contributed by atoms with Gasteiger partial charge < -0.3 is 15.5 Å². The first-order valence-electron chi connectivity index (χ1n) is 6.51. The highest BCUT2D eigenvalue weighted by Crippen LogP contribution is 2.22. The first kappa shape index (κ1) is 16.9. The second-order valence-electron chi connectivity index (χ2n) is 4.53. The molecule has 2 N–H and O–H groups in total. The third-order valence-corrected chi connectivity index (χ3v) is 4.08. The predicted molar refractivity (Wildman–Crippen MR) is 82.6 cm³/mol. The van der Waals surface area contributed by atoms with Gasteiger partial charge in [0.15, 0.2) is 0 Å². The molecular weight excluding hydrogens is 298 g/mol. The van der Waals surface area contributed by atoms with Crippen molar-refractivity contribution in [2.45, 2.75) is 18.9 Å². The van der Waals surface area contributed by atoms with Crippen LogP contribution in [0.1, 0.15) is 22.5 Å². The van der Waals surface area contributed by atoms with Crippen LogP contribution in [0.25, 0.3) is 0 Å². The molecule has 1 saturated heterocycles. The Morgan fingerprint density at radius 2 is 2.25 bits per heavy atom. The van der Waals surface area contributed by atoms with E-state index in [9.17, 15) is 9.59 Å². The van der Waals surface area contributed by atoms with Gasteiger partial charge >= 0.3 is 0 Å². The molecule has 7 heteroatoms. The van der Waals surface area contributed by atoms with Gasteiger partial charge in [-0.3, -0.25) is 9.59 Å². The number of likely N-dealkylation sites (tertiary alicyclic amines) is 1. The molecule has 1 aromatic rings. The Kier molecular flexibility index (Phi) is 6.98. The van der Waals surface area contributed by atoms with Gasteiger partial charge in [0.2, 0.25) is 5.91 Å². The summed E-state index contributed by atoms with van der Waals surface area (Å²) in [5.74, 6) is -0.0704. The van der Waals surface area contributed by atoms with E-state index in [0.29, 0.717) is 18.0 Å². The standard InChI is InChI=1S/C13H19N3O2S.ClH/c1-14-6-7-15-12(17)10-4-2-8-16(10)13(18)11-5-3-9-19-11;/h3,5,9-10,14H,2,4,6-8H2,1H3,(H,15,17);1H. The molecule has 5 nitrogen and oxygen atoms in total. The van der Waals surface area contributed by atoms with Crippen LogP contribution in [-0.4, -0.2) is 49.4 Å². The number of hydrogen-bond acceptors (Lipinski definition) is 4. The molecule has 1 aromatic heterocycles. The van der Waals surface area contributed by atoms with Gasteiger partial charge in [0.25, 0.3) is 5.91 Å². The second kappa shape index (κ2) is 8.24. The number of likely N-dealkylation sites (N-methyl/N-ethyl adjacent to an activating group) is 1. The lowest BCUT2D eigenvalue weighted by molar-refractivity contribution is -0.124. The van der Waals surface area contributed by atoms with Crippen molar-refractivity contribution in [3.05, 3.63) is 22.4 Å². The van der Waals surface area contributed by atoms with Crippen LogP contribution in [0.4, 0.5) is 0 Å².